The maximum atomic E-state index is 14.2. The number of nitrogens with zero attached hydrogens (tertiary/aromatic N) is 2. The number of rotatable bonds is 12. The van der Waals surface area contributed by atoms with Crippen LogP contribution in [0.25, 0.3) is 16.8 Å². The fourth-order valence-corrected chi connectivity index (χ4v) is 7.35. The van der Waals surface area contributed by atoms with E-state index in [2.05, 4.69) is 16.9 Å². The number of carbonyl (C=O) groups excluding carboxylic acids is 3. The van der Waals surface area contributed by atoms with E-state index in [0.29, 0.717) is 11.3 Å². The predicted molar refractivity (Wildman–Crippen MR) is 220 cm³/mol. The van der Waals surface area contributed by atoms with Crippen LogP contribution in [-0.2, 0) is 21.0 Å². The van der Waals surface area contributed by atoms with E-state index in [1.807, 2.05) is 103 Å². The number of hydrogen-bond acceptors (Lipinski definition) is 5. The van der Waals surface area contributed by atoms with Gasteiger partial charge in [-0.1, -0.05) is 163 Å². The molecule has 0 spiro atoms. The van der Waals surface area contributed by atoms with Crippen LogP contribution in [0.15, 0.2) is 162 Å². The maximum Gasteiger partial charge on any atom is 0.285 e. The summed E-state index contributed by atoms with van der Waals surface area (Å²) in [4.78, 5) is 46.7. The molecule has 7 nitrogen and oxygen atoms in total. The second-order valence-corrected chi connectivity index (χ2v) is 13.8. The van der Waals surface area contributed by atoms with E-state index >= 15 is 0 Å². The Balaban J connectivity index is 1.24. The number of carbonyl (C=O) groups is 3. The molecule has 0 unspecified atom stereocenters. The first-order valence-corrected chi connectivity index (χ1v) is 18.8. The summed E-state index contributed by atoms with van der Waals surface area (Å²) < 4.78 is 6.08. The van der Waals surface area contributed by atoms with Crippen LogP contribution >= 0.6 is 35.0 Å². The van der Waals surface area contributed by atoms with Gasteiger partial charge in [0.2, 0.25) is 5.91 Å². The third-order valence-corrected chi connectivity index (χ3v) is 10.00. The van der Waals surface area contributed by atoms with Crippen molar-refractivity contribution in [2.75, 3.05) is 5.75 Å². The van der Waals surface area contributed by atoms with Crippen molar-refractivity contribution in [3.8, 4) is 5.75 Å². The highest BCUT2D eigenvalue weighted by molar-refractivity contribution is 8.14. The molecule has 0 aromatic heterocycles. The van der Waals surface area contributed by atoms with E-state index in [9.17, 15) is 14.4 Å². The molecule has 0 aliphatic carbocycles. The molecule has 0 bridgehead atoms. The molecule has 10 heteroatoms. The van der Waals surface area contributed by atoms with Gasteiger partial charge in [0.25, 0.3) is 11.8 Å². The lowest BCUT2D eigenvalue weighted by molar-refractivity contribution is -0.126. The number of halogens is 2. The first-order valence-electron chi connectivity index (χ1n) is 17.0. The van der Waals surface area contributed by atoms with Crippen LogP contribution in [0.2, 0.25) is 10.0 Å². The first kappa shape index (κ1) is 38.1. The minimum atomic E-state index is -0.766. The number of hydrogen-bond donors (Lipinski definition) is 1. The van der Waals surface area contributed by atoms with Crippen LogP contribution in [0, 0.1) is 0 Å². The zero-order chi connectivity index (χ0) is 38.0. The Morgan fingerprint density at radius 2 is 1.54 bits per heavy atom. The van der Waals surface area contributed by atoms with Crippen LogP contribution in [-0.4, -0.2) is 33.5 Å². The molecule has 1 N–H and O–H groups in total. The molecule has 0 atom stereocenters. The number of allylic oxidation sites excluding steroid dienone is 4. The minimum Gasteiger partial charge on any atom is -0.486 e. The van der Waals surface area contributed by atoms with Gasteiger partial charge in [-0.3, -0.25) is 19.3 Å². The van der Waals surface area contributed by atoms with Crippen molar-refractivity contribution < 1.29 is 19.1 Å². The number of nitrogens with one attached hydrogen (secondary N) is 1. The largest absolute Gasteiger partial charge is 0.486 e. The van der Waals surface area contributed by atoms with Gasteiger partial charge in [0.05, 0.1) is 21.8 Å². The van der Waals surface area contributed by atoms with E-state index < -0.39 is 17.9 Å². The van der Waals surface area contributed by atoms with Gasteiger partial charge in [0, 0.05) is 5.70 Å². The summed E-state index contributed by atoms with van der Waals surface area (Å²) in [6.45, 7) is 5.71. The molecule has 1 aliphatic heterocycles. The zero-order valence-electron chi connectivity index (χ0n) is 29.2. The smallest absolute Gasteiger partial charge is 0.285 e. The first-order chi connectivity index (χ1) is 26.3. The summed E-state index contributed by atoms with van der Waals surface area (Å²) in [6.07, 6.45) is 8.01. The van der Waals surface area contributed by atoms with Crippen molar-refractivity contribution in [1.82, 2.24) is 10.2 Å². The molecule has 1 heterocycles. The minimum absolute atomic E-state index is 0.0586. The standard InChI is InChI=1S/C44H35Cl2N3O4S/c1-3-5-22-34(4-2)49-43(52)36(24-29-25-37(45)41(38(46)26-29)53-27-33-21-14-20-30-15-12-13-23-35(30)33)42(51)48-44(49)54-28-39(50)47-40(31-16-8-6-9-17-31)32-18-10-7-11-19-32/h3-26,40H,1,27-28H2,2H3,(H,47,50)/b22-5-,34-4+,36-24+. The van der Waals surface area contributed by atoms with Crippen molar-refractivity contribution in [1.29, 1.82) is 0 Å². The number of thioether (sulfide) groups is 1. The van der Waals surface area contributed by atoms with Crippen molar-refractivity contribution in [3.63, 3.8) is 0 Å². The van der Waals surface area contributed by atoms with Crippen LogP contribution in [0.1, 0.15) is 35.2 Å². The van der Waals surface area contributed by atoms with Gasteiger partial charge in [-0.15, -0.1) is 0 Å². The quantitative estimate of drug-likeness (QED) is 0.0775. The van der Waals surface area contributed by atoms with Gasteiger partial charge in [-0.25, -0.2) is 0 Å². The monoisotopic (exact) mass is 771 g/mol. The Bertz CT molecular complexity index is 2270. The van der Waals surface area contributed by atoms with Gasteiger partial charge in [-0.2, -0.15) is 4.99 Å². The predicted octanol–water partition coefficient (Wildman–Crippen LogP) is 10.1. The van der Waals surface area contributed by atoms with Crippen LogP contribution < -0.4 is 10.1 Å². The Kier molecular flexibility index (Phi) is 12.6. The van der Waals surface area contributed by atoms with Gasteiger partial charge in [0.15, 0.2) is 10.9 Å². The average molecular weight is 773 g/mol. The van der Waals surface area contributed by atoms with E-state index in [4.69, 9.17) is 27.9 Å². The summed E-state index contributed by atoms with van der Waals surface area (Å²) >= 11 is 14.3. The Labute approximate surface area is 328 Å². The molecule has 270 valence electrons. The molecule has 5 aromatic rings. The third kappa shape index (κ3) is 8.92. The van der Waals surface area contributed by atoms with Crippen molar-refractivity contribution >= 4 is 74.7 Å². The molecule has 1 aliphatic rings. The number of aliphatic imine (C=N–C) groups is 1. The summed E-state index contributed by atoms with van der Waals surface area (Å²) in [5, 5.41) is 5.71. The van der Waals surface area contributed by atoms with Crippen molar-refractivity contribution in [2.45, 2.75) is 19.6 Å². The molecule has 0 saturated heterocycles. The average Bonchev–Trinajstić information content (AvgIpc) is 3.19. The van der Waals surface area contributed by atoms with Gasteiger partial charge >= 0.3 is 0 Å². The van der Waals surface area contributed by atoms with E-state index in [-0.39, 0.29) is 44.8 Å². The lowest BCUT2D eigenvalue weighted by Gasteiger charge is -2.28. The number of ether oxygens (including phenoxy) is 1. The lowest BCUT2D eigenvalue weighted by Crippen LogP contribution is -2.42. The fourth-order valence-electron chi connectivity index (χ4n) is 5.93. The zero-order valence-corrected chi connectivity index (χ0v) is 31.6. The number of amidine groups is 1. The summed E-state index contributed by atoms with van der Waals surface area (Å²) in [5.74, 6) is -1.54. The summed E-state index contributed by atoms with van der Waals surface area (Å²) in [6, 6.07) is 36.0. The number of benzene rings is 5. The molecular weight excluding hydrogens is 737 g/mol. The van der Waals surface area contributed by atoms with Crippen LogP contribution in [0.5, 0.6) is 5.75 Å². The molecular formula is C44H35Cl2N3O4S. The molecule has 0 saturated carbocycles. The molecule has 54 heavy (non-hydrogen) atoms. The van der Waals surface area contributed by atoms with Crippen molar-refractivity contribution in [2.24, 2.45) is 4.99 Å². The fraction of sp³-hybridized carbons (Fsp3) is 0.0909. The molecule has 5 aromatic carbocycles. The number of fused-ring (bicyclic) bond motifs is 1. The molecule has 3 amide bonds. The summed E-state index contributed by atoms with van der Waals surface area (Å²) in [5.41, 5.74) is 3.42. The highest BCUT2D eigenvalue weighted by Gasteiger charge is 2.35. The maximum absolute atomic E-state index is 14.2. The van der Waals surface area contributed by atoms with Gasteiger partial charge < -0.3 is 10.1 Å². The second kappa shape index (κ2) is 17.9. The van der Waals surface area contributed by atoms with Crippen LogP contribution in [0.3, 0.4) is 0 Å². The highest BCUT2D eigenvalue weighted by Crippen LogP contribution is 2.37. The van der Waals surface area contributed by atoms with E-state index in [1.165, 1.54) is 11.0 Å². The highest BCUT2D eigenvalue weighted by atomic mass is 35.5. The SMILES string of the molecule is C=C/C=C\C(=C/C)N1C(=O)/C(=C/c2cc(Cl)c(OCc3cccc4ccccc34)c(Cl)c2)C(=O)N=C1SCC(=O)NC(c1ccccc1)c1ccccc1. The van der Waals surface area contributed by atoms with E-state index in [1.54, 1.807) is 43.4 Å². The van der Waals surface area contributed by atoms with E-state index in [0.717, 1.165) is 39.2 Å². The Morgan fingerprint density at radius 3 is 2.19 bits per heavy atom. The second-order valence-electron chi connectivity index (χ2n) is 12.1. The van der Waals surface area contributed by atoms with Crippen LogP contribution in [0.4, 0.5) is 0 Å². The topological polar surface area (TPSA) is 88.1 Å². The van der Waals surface area contributed by atoms with Crippen molar-refractivity contribution in [3.05, 3.63) is 190 Å². The number of amides is 3. The lowest BCUT2D eigenvalue weighted by atomic mass is 9.99. The summed E-state index contributed by atoms with van der Waals surface area (Å²) in [7, 11) is 0. The Hall–Kier alpha value is -5.67. The Morgan fingerprint density at radius 1 is 0.907 bits per heavy atom. The normalized spacial score (nSPS) is 14.2. The van der Waals surface area contributed by atoms with Gasteiger partial charge in [0.1, 0.15) is 12.2 Å². The third-order valence-electron chi connectivity index (χ3n) is 8.50. The molecule has 0 fully saturated rings. The van der Waals surface area contributed by atoms with Gasteiger partial charge in [-0.05, 0) is 64.2 Å². The molecule has 0 radical (unpaired) electrons. The molecule has 6 rings (SSSR count).